The second-order valence-electron chi connectivity index (χ2n) is 4.52. The monoisotopic (exact) mass is 265 g/mol. The van der Waals surface area contributed by atoms with E-state index in [9.17, 15) is 14.4 Å². The molecule has 10 nitrogen and oxygen atoms in total. The minimum atomic E-state index is -0.884. The number of piperidine rings is 1. The van der Waals surface area contributed by atoms with E-state index < -0.39 is 11.6 Å². The van der Waals surface area contributed by atoms with Gasteiger partial charge in [0, 0.05) is 13.1 Å². The van der Waals surface area contributed by atoms with Gasteiger partial charge in [0.05, 0.1) is 0 Å². The molecule has 3 rings (SSSR count). The number of carbonyl (C=O) groups is 3. The highest BCUT2D eigenvalue weighted by molar-refractivity contribution is 6.07. The molecule has 2 aliphatic rings. The van der Waals surface area contributed by atoms with Crippen LogP contribution in [0.25, 0.3) is 0 Å². The highest BCUT2D eigenvalue weighted by atomic mass is 16.2. The van der Waals surface area contributed by atoms with Crippen LogP contribution in [0.5, 0.6) is 0 Å². The summed E-state index contributed by atoms with van der Waals surface area (Å²) >= 11 is 0. The van der Waals surface area contributed by atoms with E-state index in [0.29, 0.717) is 25.9 Å². The second-order valence-corrected chi connectivity index (χ2v) is 4.52. The van der Waals surface area contributed by atoms with E-state index in [-0.39, 0.29) is 17.6 Å². The fraction of sp³-hybridized carbons (Fsp3) is 0.556. The lowest BCUT2D eigenvalue weighted by Crippen LogP contribution is -2.55. The predicted octanol–water partition coefficient (Wildman–Crippen LogP) is -1.99. The first kappa shape index (κ1) is 11.6. The van der Waals surface area contributed by atoms with Crippen molar-refractivity contribution < 1.29 is 14.4 Å². The third kappa shape index (κ3) is 1.80. The van der Waals surface area contributed by atoms with Crippen molar-refractivity contribution in [1.29, 1.82) is 0 Å². The molecular formula is C9H11N7O3. The Hall–Kier alpha value is -2.52. The Kier molecular flexibility index (Phi) is 2.44. The number of aromatic nitrogens is 4. The molecule has 3 heterocycles. The molecule has 0 aliphatic carbocycles. The Balaban J connectivity index is 1.68. The van der Waals surface area contributed by atoms with Gasteiger partial charge < -0.3 is 10.2 Å². The maximum atomic E-state index is 12.0. The predicted molar refractivity (Wildman–Crippen MR) is 58.7 cm³/mol. The summed E-state index contributed by atoms with van der Waals surface area (Å²) in [4.78, 5) is 36.4. The number of likely N-dealkylation sites (tertiary alicyclic amines) is 1. The molecule has 2 saturated heterocycles. The third-order valence-corrected chi connectivity index (χ3v) is 3.46. The second kappa shape index (κ2) is 4.00. The molecule has 1 aromatic rings. The topological polar surface area (TPSA) is 133 Å². The number of rotatable bonds is 1. The van der Waals surface area contributed by atoms with Crippen molar-refractivity contribution in [2.24, 2.45) is 0 Å². The first-order chi connectivity index (χ1) is 9.11. The van der Waals surface area contributed by atoms with Crippen molar-refractivity contribution in [1.82, 2.24) is 36.2 Å². The first-order valence-electron chi connectivity index (χ1n) is 5.77. The zero-order valence-electron chi connectivity index (χ0n) is 9.84. The van der Waals surface area contributed by atoms with Gasteiger partial charge in [0.25, 0.3) is 17.6 Å². The number of hydrogen-bond acceptors (Lipinski definition) is 6. The number of carbonyl (C=O) groups excluding carboxylic acids is 3. The minimum Gasteiger partial charge on any atom is -0.336 e. The molecule has 19 heavy (non-hydrogen) atoms. The number of H-pyrrole nitrogens is 1. The number of amides is 4. The van der Waals surface area contributed by atoms with Crippen molar-refractivity contribution in [2.45, 2.75) is 18.4 Å². The van der Waals surface area contributed by atoms with Crippen molar-refractivity contribution in [3.05, 3.63) is 5.82 Å². The van der Waals surface area contributed by atoms with Crippen LogP contribution < -0.4 is 10.6 Å². The number of nitrogens with zero attached hydrogens (tertiary/aromatic N) is 4. The molecule has 4 amide bonds. The van der Waals surface area contributed by atoms with Gasteiger partial charge in [-0.2, -0.15) is 5.21 Å². The lowest BCUT2D eigenvalue weighted by molar-refractivity contribution is -0.125. The van der Waals surface area contributed by atoms with Gasteiger partial charge in [0.2, 0.25) is 0 Å². The van der Waals surface area contributed by atoms with Crippen LogP contribution in [0.1, 0.15) is 23.5 Å². The first-order valence-corrected chi connectivity index (χ1v) is 5.77. The number of nitrogens with one attached hydrogen (secondary N) is 3. The van der Waals surface area contributed by atoms with Crippen LogP contribution in [0.15, 0.2) is 0 Å². The highest BCUT2D eigenvalue weighted by Gasteiger charge is 2.48. The number of hydrogen-bond donors (Lipinski definition) is 3. The molecule has 0 atom stereocenters. The van der Waals surface area contributed by atoms with Gasteiger partial charge in [-0.3, -0.25) is 14.9 Å². The summed E-state index contributed by atoms with van der Waals surface area (Å²) in [5.74, 6) is -0.673. The zero-order chi connectivity index (χ0) is 13.5. The Morgan fingerprint density at radius 3 is 2.53 bits per heavy atom. The molecule has 100 valence electrons. The van der Waals surface area contributed by atoms with Crippen LogP contribution in [0.4, 0.5) is 4.79 Å². The maximum Gasteiger partial charge on any atom is 0.322 e. The standard InChI is InChI=1S/C9H11N7O3/c17-6(5-12-14-15-13-5)16-3-1-9(2-4-16)7(18)10-8(19)11-9/h1-4H2,(H2,10,11,18,19)(H,12,13,14,15). The van der Waals surface area contributed by atoms with Gasteiger partial charge in [-0.25, -0.2) is 4.79 Å². The van der Waals surface area contributed by atoms with Crippen molar-refractivity contribution >= 4 is 17.8 Å². The number of aromatic amines is 1. The summed E-state index contributed by atoms with van der Waals surface area (Å²) in [6.07, 6.45) is 0.738. The van der Waals surface area contributed by atoms with Gasteiger partial charge in [0.1, 0.15) is 5.54 Å². The molecule has 2 aliphatic heterocycles. The highest BCUT2D eigenvalue weighted by Crippen LogP contribution is 2.25. The van der Waals surface area contributed by atoms with Crippen molar-refractivity contribution in [2.75, 3.05) is 13.1 Å². The van der Waals surface area contributed by atoms with E-state index in [1.54, 1.807) is 0 Å². The summed E-state index contributed by atoms with van der Waals surface area (Å²) in [5, 5.41) is 17.6. The molecule has 0 radical (unpaired) electrons. The van der Waals surface area contributed by atoms with Gasteiger partial charge >= 0.3 is 6.03 Å². The quantitative estimate of drug-likeness (QED) is 0.504. The van der Waals surface area contributed by atoms with Gasteiger partial charge in [0.15, 0.2) is 0 Å². The molecule has 1 spiro atoms. The SMILES string of the molecule is O=C1NC(=O)C2(CCN(C(=O)c3nn[nH]n3)CC2)N1. The Morgan fingerprint density at radius 1 is 1.26 bits per heavy atom. The van der Waals surface area contributed by atoms with Gasteiger partial charge in [-0.15, -0.1) is 10.2 Å². The van der Waals surface area contributed by atoms with Crippen LogP contribution in [-0.4, -0.2) is 62.0 Å². The lowest BCUT2D eigenvalue weighted by atomic mass is 9.87. The number of urea groups is 1. The summed E-state index contributed by atoms with van der Waals surface area (Å²) in [6, 6.07) is -0.483. The van der Waals surface area contributed by atoms with E-state index >= 15 is 0 Å². The van der Waals surface area contributed by atoms with E-state index in [0.717, 1.165) is 0 Å². The van der Waals surface area contributed by atoms with Crippen LogP contribution >= 0.6 is 0 Å². The average Bonchev–Trinajstić information content (AvgIpc) is 2.99. The lowest BCUT2D eigenvalue weighted by Gasteiger charge is -2.36. The molecule has 0 aromatic carbocycles. The van der Waals surface area contributed by atoms with Gasteiger partial charge in [-0.1, -0.05) is 0 Å². The van der Waals surface area contributed by atoms with Crippen LogP contribution in [0.3, 0.4) is 0 Å². The summed E-state index contributed by atoms with van der Waals surface area (Å²) in [5.41, 5.74) is -0.884. The molecule has 0 saturated carbocycles. The molecule has 2 fully saturated rings. The van der Waals surface area contributed by atoms with Crippen molar-refractivity contribution in [3.8, 4) is 0 Å². The molecule has 0 bridgehead atoms. The van der Waals surface area contributed by atoms with Crippen molar-refractivity contribution in [3.63, 3.8) is 0 Å². The Labute approximate surface area is 106 Å². The summed E-state index contributed by atoms with van der Waals surface area (Å²) in [6.45, 7) is 0.697. The molecule has 10 heteroatoms. The largest absolute Gasteiger partial charge is 0.336 e. The molecule has 0 unspecified atom stereocenters. The fourth-order valence-corrected chi connectivity index (χ4v) is 2.37. The molecular weight excluding hydrogens is 254 g/mol. The molecule has 1 aromatic heterocycles. The Bertz CT molecular complexity index is 532. The maximum absolute atomic E-state index is 12.0. The van der Waals surface area contributed by atoms with E-state index in [2.05, 4.69) is 31.3 Å². The zero-order valence-corrected chi connectivity index (χ0v) is 9.84. The normalized spacial score (nSPS) is 21.4. The number of imide groups is 1. The fourth-order valence-electron chi connectivity index (χ4n) is 2.37. The summed E-state index contributed by atoms with van der Waals surface area (Å²) in [7, 11) is 0. The van der Waals surface area contributed by atoms with Crippen LogP contribution in [0, 0.1) is 0 Å². The third-order valence-electron chi connectivity index (χ3n) is 3.46. The van der Waals surface area contributed by atoms with Crippen LogP contribution in [-0.2, 0) is 4.79 Å². The smallest absolute Gasteiger partial charge is 0.322 e. The van der Waals surface area contributed by atoms with Crippen LogP contribution in [0.2, 0.25) is 0 Å². The molecule has 3 N–H and O–H groups in total. The van der Waals surface area contributed by atoms with E-state index in [4.69, 9.17) is 0 Å². The van der Waals surface area contributed by atoms with E-state index in [1.807, 2.05) is 0 Å². The minimum absolute atomic E-state index is 0.00383. The number of tetrazole rings is 1. The average molecular weight is 265 g/mol. The summed E-state index contributed by atoms with van der Waals surface area (Å²) < 4.78 is 0. The van der Waals surface area contributed by atoms with Gasteiger partial charge in [-0.05, 0) is 18.1 Å². The Morgan fingerprint density at radius 2 is 2.00 bits per heavy atom. The van der Waals surface area contributed by atoms with E-state index in [1.165, 1.54) is 4.90 Å².